The van der Waals surface area contributed by atoms with E-state index in [0.29, 0.717) is 0 Å². The molecule has 0 aliphatic carbocycles. The molecule has 0 fully saturated rings. The van der Waals surface area contributed by atoms with Crippen LogP contribution in [0.1, 0.15) is 105 Å². The average molecular weight is 346 g/mol. The van der Waals surface area contributed by atoms with Crippen molar-refractivity contribution in [1.29, 1.82) is 0 Å². The predicted octanol–water partition coefficient (Wildman–Crippen LogP) is 6.81. The molecule has 0 spiro atoms. The summed E-state index contributed by atoms with van der Waals surface area (Å²) in [6, 6.07) is 4.95. The van der Waals surface area contributed by atoms with Crippen LogP contribution in [-0.4, -0.2) is 17.5 Å². The van der Waals surface area contributed by atoms with E-state index in [0.717, 1.165) is 6.54 Å². The first-order valence-electron chi connectivity index (χ1n) is 9.75. The molecule has 25 heavy (non-hydrogen) atoms. The molecule has 0 amide bonds. The summed E-state index contributed by atoms with van der Waals surface area (Å²) < 4.78 is 0. The highest BCUT2D eigenvalue weighted by Gasteiger charge is 2.30. The van der Waals surface area contributed by atoms with Gasteiger partial charge in [0.2, 0.25) is 0 Å². The van der Waals surface area contributed by atoms with E-state index in [1.807, 2.05) is 0 Å². The Morgan fingerprint density at radius 1 is 0.640 bits per heavy atom. The molecular weight excluding hydrogens is 302 g/mol. The molecule has 0 heterocycles. The van der Waals surface area contributed by atoms with Crippen molar-refractivity contribution in [2.45, 2.75) is 111 Å². The summed E-state index contributed by atoms with van der Waals surface area (Å²) in [6.45, 7) is 28.9. The van der Waals surface area contributed by atoms with Gasteiger partial charge in [-0.15, -0.1) is 0 Å². The minimum Gasteiger partial charge on any atom is -0.297 e. The van der Waals surface area contributed by atoms with Gasteiger partial charge in [0.15, 0.2) is 0 Å². The lowest BCUT2D eigenvalue weighted by Crippen LogP contribution is -2.39. The molecular formula is C24H43N. The summed E-state index contributed by atoms with van der Waals surface area (Å²) >= 11 is 0. The van der Waals surface area contributed by atoms with E-state index in [2.05, 4.69) is 107 Å². The Kier molecular flexibility index (Phi) is 5.98. The highest BCUT2D eigenvalue weighted by Crippen LogP contribution is 2.39. The van der Waals surface area contributed by atoms with Gasteiger partial charge in [-0.2, -0.15) is 0 Å². The number of hydrogen-bond acceptors (Lipinski definition) is 1. The van der Waals surface area contributed by atoms with E-state index in [4.69, 9.17) is 0 Å². The fourth-order valence-corrected chi connectivity index (χ4v) is 3.09. The quantitative estimate of drug-likeness (QED) is 0.569. The molecule has 0 saturated heterocycles. The van der Waals surface area contributed by atoms with Gasteiger partial charge in [-0.3, -0.25) is 4.90 Å². The summed E-state index contributed by atoms with van der Waals surface area (Å²) in [4.78, 5) is 2.48. The van der Waals surface area contributed by atoms with Crippen molar-refractivity contribution in [3.8, 4) is 0 Å². The zero-order chi connectivity index (χ0) is 20.0. The van der Waals surface area contributed by atoms with Crippen LogP contribution in [0.25, 0.3) is 0 Å². The summed E-state index contributed by atoms with van der Waals surface area (Å²) in [5.41, 5.74) is 6.56. The number of nitrogens with zero attached hydrogens (tertiary/aromatic N) is 1. The summed E-state index contributed by atoms with van der Waals surface area (Å²) in [5.74, 6) is 0. The van der Waals surface area contributed by atoms with Crippen molar-refractivity contribution in [3.63, 3.8) is 0 Å². The van der Waals surface area contributed by atoms with Crippen LogP contribution in [0.15, 0.2) is 12.1 Å². The van der Waals surface area contributed by atoms with Gasteiger partial charge in [0.25, 0.3) is 0 Å². The molecule has 1 heteroatoms. The molecule has 0 aromatic heterocycles. The average Bonchev–Trinajstić information content (AvgIpc) is 2.33. The maximum absolute atomic E-state index is 2.48. The van der Waals surface area contributed by atoms with Gasteiger partial charge in [-0.1, -0.05) is 74.4 Å². The van der Waals surface area contributed by atoms with E-state index in [1.165, 1.54) is 22.3 Å². The van der Waals surface area contributed by atoms with Crippen molar-refractivity contribution in [3.05, 3.63) is 34.4 Å². The van der Waals surface area contributed by atoms with Crippen LogP contribution >= 0.6 is 0 Å². The number of rotatable bonds is 2. The van der Waals surface area contributed by atoms with Gasteiger partial charge >= 0.3 is 0 Å². The van der Waals surface area contributed by atoms with Gasteiger partial charge < -0.3 is 0 Å². The van der Waals surface area contributed by atoms with Crippen LogP contribution in [0.2, 0.25) is 0 Å². The minimum absolute atomic E-state index is 0.134. The van der Waals surface area contributed by atoms with Crippen LogP contribution in [0.4, 0.5) is 0 Å². The van der Waals surface area contributed by atoms with Crippen LogP contribution < -0.4 is 0 Å². The normalized spacial score (nSPS) is 14.3. The van der Waals surface area contributed by atoms with Crippen LogP contribution in [0.3, 0.4) is 0 Å². The highest BCUT2D eigenvalue weighted by atomic mass is 15.2. The third-order valence-corrected chi connectivity index (χ3v) is 5.27. The topological polar surface area (TPSA) is 3.24 Å². The smallest absolute Gasteiger partial charge is 0.0241 e. The number of hydrogen-bond donors (Lipinski definition) is 0. The molecule has 0 N–H and O–H groups in total. The van der Waals surface area contributed by atoms with Crippen molar-refractivity contribution < 1.29 is 0 Å². The van der Waals surface area contributed by atoms with Gasteiger partial charge in [-0.25, -0.2) is 0 Å². The van der Waals surface area contributed by atoms with E-state index in [9.17, 15) is 0 Å². The van der Waals surface area contributed by atoms with Gasteiger partial charge in [0.05, 0.1) is 0 Å². The fraction of sp³-hybridized carbons (Fsp3) is 0.750. The van der Waals surface area contributed by atoms with Gasteiger partial charge in [0.1, 0.15) is 0 Å². The molecule has 0 unspecified atom stereocenters. The lowest BCUT2D eigenvalue weighted by atomic mass is 9.72. The maximum Gasteiger partial charge on any atom is 0.0241 e. The SMILES string of the molecule is CN(Cc1c(C(C)(C)C)cc(C(C)(C)C)cc1C(C)(C)C)C(C)(C)C. The summed E-state index contributed by atoms with van der Waals surface area (Å²) in [7, 11) is 2.25. The molecule has 0 saturated carbocycles. The maximum atomic E-state index is 2.48. The van der Waals surface area contributed by atoms with Crippen molar-refractivity contribution in [2.75, 3.05) is 7.05 Å². The first-order chi connectivity index (χ1) is 10.8. The molecule has 0 atom stereocenters. The van der Waals surface area contributed by atoms with Gasteiger partial charge in [0, 0.05) is 12.1 Å². The second kappa shape index (κ2) is 6.72. The Morgan fingerprint density at radius 2 is 1.00 bits per heavy atom. The first-order valence-corrected chi connectivity index (χ1v) is 9.75. The van der Waals surface area contributed by atoms with Crippen molar-refractivity contribution in [2.24, 2.45) is 0 Å². The van der Waals surface area contributed by atoms with E-state index >= 15 is 0 Å². The Bertz CT molecular complexity index is 560. The molecule has 144 valence electrons. The molecule has 1 rings (SSSR count). The van der Waals surface area contributed by atoms with E-state index in [1.54, 1.807) is 0 Å². The Morgan fingerprint density at radius 3 is 1.24 bits per heavy atom. The standard InChI is InChI=1S/C24H43N/c1-21(2,3)17-14-19(22(4,5)6)18(16-25(13)24(10,11)12)20(15-17)23(7,8)9/h14-15H,16H2,1-13H3. The first kappa shape index (κ1) is 22.2. The summed E-state index contributed by atoms with van der Waals surface area (Å²) in [6.07, 6.45) is 0. The van der Waals surface area contributed by atoms with E-state index in [-0.39, 0.29) is 21.8 Å². The summed E-state index contributed by atoms with van der Waals surface area (Å²) in [5, 5.41) is 0. The zero-order valence-corrected chi connectivity index (χ0v) is 19.3. The zero-order valence-electron chi connectivity index (χ0n) is 19.3. The van der Waals surface area contributed by atoms with Crippen LogP contribution in [0.5, 0.6) is 0 Å². The highest BCUT2D eigenvalue weighted by molar-refractivity contribution is 5.47. The number of benzene rings is 1. The third-order valence-electron chi connectivity index (χ3n) is 5.27. The van der Waals surface area contributed by atoms with Crippen LogP contribution in [0, 0.1) is 0 Å². The monoisotopic (exact) mass is 345 g/mol. The predicted molar refractivity (Wildman–Crippen MR) is 114 cm³/mol. The Hall–Kier alpha value is -0.820. The van der Waals surface area contributed by atoms with Crippen molar-refractivity contribution >= 4 is 0 Å². The fourth-order valence-electron chi connectivity index (χ4n) is 3.09. The minimum atomic E-state index is 0.134. The lowest BCUT2D eigenvalue weighted by molar-refractivity contribution is 0.165. The Balaban J connectivity index is 3.77. The van der Waals surface area contributed by atoms with Crippen molar-refractivity contribution in [1.82, 2.24) is 4.90 Å². The van der Waals surface area contributed by atoms with Crippen LogP contribution in [-0.2, 0) is 22.8 Å². The third kappa shape index (κ3) is 5.58. The molecule has 0 radical (unpaired) electrons. The molecule has 0 aliphatic rings. The molecule has 1 aromatic rings. The molecule has 0 aliphatic heterocycles. The second-order valence-electron chi connectivity index (χ2n) is 11.8. The second-order valence-corrected chi connectivity index (χ2v) is 11.8. The molecule has 1 aromatic carbocycles. The van der Waals surface area contributed by atoms with Gasteiger partial charge in [-0.05, 0) is 66.3 Å². The molecule has 0 bridgehead atoms. The van der Waals surface area contributed by atoms with E-state index < -0.39 is 0 Å². The Labute approximate surface area is 158 Å². The largest absolute Gasteiger partial charge is 0.297 e. The lowest BCUT2D eigenvalue weighted by Gasteiger charge is -2.38. The molecule has 1 nitrogen and oxygen atoms in total.